The fourth-order valence-electron chi connectivity index (χ4n) is 2.47. The molecular weight excluding hydrogens is 232 g/mol. The van der Waals surface area contributed by atoms with Crippen molar-refractivity contribution >= 4 is 5.91 Å². The Morgan fingerprint density at radius 1 is 1.33 bits per heavy atom. The number of nitrogens with two attached hydrogens (primary N) is 1. The third kappa shape index (κ3) is 1.80. The average molecular weight is 250 g/mol. The van der Waals surface area contributed by atoms with Crippen molar-refractivity contribution in [2.75, 3.05) is 14.2 Å². The topological polar surface area (TPSA) is 73.6 Å². The summed E-state index contributed by atoms with van der Waals surface area (Å²) in [6.07, 6.45) is 1.58. The number of hydrogen-bond acceptors (Lipinski definition) is 4. The van der Waals surface area contributed by atoms with Gasteiger partial charge in [-0.05, 0) is 31.4 Å². The quantitative estimate of drug-likeness (QED) is 0.475. The monoisotopic (exact) mass is 250 g/mol. The largest absolute Gasteiger partial charge is 0.497 e. The Kier molecular flexibility index (Phi) is 3.17. The summed E-state index contributed by atoms with van der Waals surface area (Å²) < 4.78 is 10.6. The highest BCUT2D eigenvalue weighted by Gasteiger charge is 2.53. The van der Waals surface area contributed by atoms with Gasteiger partial charge in [-0.15, -0.1) is 0 Å². The lowest BCUT2D eigenvalue weighted by molar-refractivity contribution is -0.123. The van der Waals surface area contributed by atoms with Gasteiger partial charge in [0, 0.05) is 11.6 Å². The van der Waals surface area contributed by atoms with E-state index in [4.69, 9.17) is 15.3 Å². The van der Waals surface area contributed by atoms with E-state index in [1.165, 1.54) is 0 Å². The molecule has 0 bridgehead atoms. The molecule has 98 valence electrons. The molecule has 0 radical (unpaired) electrons. The molecule has 1 fully saturated rings. The van der Waals surface area contributed by atoms with Gasteiger partial charge in [-0.2, -0.15) is 0 Å². The summed E-state index contributed by atoms with van der Waals surface area (Å²) in [7, 11) is 3.20. The SMILES string of the molecule is COc1cc(C)c(C2(C(=O)NN)CC2)c(OC)c1. The molecule has 1 saturated carbocycles. The van der Waals surface area contributed by atoms with E-state index in [9.17, 15) is 4.79 Å². The lowest BCUT2D eigenvalue weighted by Gasteiger charge is -2.20. The molecule has 0 unspecified atom stereocenters. The number of methoxy groups -OCH3 is 2. The first-order valence-corrected chi connectivity index (χ1v) is 5.83. The van der Waals surface area contributed by atoms with E-state index in [-0.39, 0.29) is 5.91 Å². The number of ether oxygens (including phenoxy) is 2. The molecule has 3 N–H and O–H groups in total. The second-order valence-corrected chi connectivity index (χ2v) is 4.58. The van der Waals surface area contributed by atoms with E-state index in [0.29, 0.717) is 5.75 Å². The van der Waals surface area contributed by atoms with Crippen LogP contribution in [0.5, 0.6) is 11.5 Å². The maximum Gasteiger partial charge on any atom is 0.244 e. The predicted octanol–water partition coefficient (Wildman–Crippen LogP) is 1.03. The number of hydrogen-bond donors (Lipinski definition) is 2. The molecule has 5 nitrogen and oxygen atoms in total. The number of rotatable bonds is 4. The summed E-state index contributed by atoms with van der Waals surface area (Å²) in [6, 6.07) is 3.70. The van der Waals surface area contributed by atoms with Crippen molar-refractivity contribution in [3.63, 3.8) is 0 Å². The van der Waals surface area contributed by atoms with Crippen molar-refractivity contribution in [1.82, 2.24) is 5.43 Å². The highest BCUT2D eigenvalue weighted by Crippen LogP contribution is 2.53. The Balaban J connectivity index is 2.54. The molecule has 1 aliphatic carbocycles. The molecule has 0 atom stereocenters. The molecule has 1 aliphatic rings. The van der Waals surface area contributed by atoms with E-state index < -0.39 is 5.41 Å². The number of carbonyl (C=O) groups is 1. The molecule has 1 aromatic rings. The second kappa shape index (κ2) is 4.49. The Bertz CT molecular complexity index is 481. The highest BCUT2D eigenvalue weighted by molar-refractivity contribution is 5.92. The molecule has 1 aromatic carbocycles. The van der Waals surface area contributed by atoms with Gasteiger partial charge in [0.1, 0.15) is 11.5 Å². The standard InChI is InChI=1S/C13H18N2O3/c1-8-6-9(17-2)7-10(18-3)11(8)13(4-5-13)12(16)15-14/h6-7H,4-5,14H2,1-3H3,(H,15,16). The molecule has 5 heteroatoms. The maximum atomic E-state index is 11.9. The first kappa shape index (κ1) is 12.7. The van der Waals surface area contributed by atoms with E-state index in [1.54, 1.807) is 20.3 Å². The average Bonchev–Trinajstić information content (AvgIpc) is 3.17. The second-order valence-electron chi connectivity index (χ2n) is 4.58. The fraction of sp³-hybridized carbons (Fsp3) is 0.462. The van der Waals surface area contributed by atoms with Gasteiger partial charge < -0.3 is 9.47 Å². The summed E-state index contributed by atoms with van der Waals surface area (Å²) in [6.45, 7) is 1.95. The summed E-state index contributed by atoms with van der Waals surface area (Å²) in [5, 5.41) is 0. The zero-order valence-corrected chi connectivity index (χ0v) is 10.9. The van der Waals surface area contributed by atoms with Crippen LogP contribution in [0.25, 0.3) is 0 Å². The minimum absolute atomic E-state index is 0.158. The van der Waals surface area contributed by atoms with E-state index >= 15 is 0 Å². The van der Waals surface area contributed by atoms with Gasteiger partial charge in [0.05, 0.1) is 19.6 Å². The minimum Gasteiger partial charge on any atom is -0.497 e. The van der Waals surface area contributed by atoms with Crippen LogP contribution in [0.15, 0.2) is 12.1 Å². The van der Waals surface area contributed by atoms with Crippen LogP contribution in [0.4, 0.5) is 0 Å². The van der Waals surface area contributed by atoms with Crippen molar-refractivity contribution < 1.29 is 14.3 Å². The zero-order valence-electron chi connectivity index (χ0n) is 10.9. The van der Waals surface area contributed by atoms with Crippen LogP contribution in [0.2, 0.25) is 0 Å². The van der Waals surface area contributed by atoms with Crippen molar-refractivity contribution in [3.8, 4) is 11.5 Å². The zero-order chi connectivity index (χ0) is 13.3. The highest BCUT2D eigenvalue weighted by atomic mass is 16.5. The number of amides is 1. The first-order valence-electron chi connectivity index (χ1n) is 5.83. The Hall–Kier alpha value is -1.75. The van der Waals surface area contributed by atoms with E-state index in [0.717, 1.165) is 29.7 Å². The summed E-state index contributed by atoms with van der Waals surface area (Å²) in [5.74, 6) is 6.50. The van der Waals surface area contributed by atoms with Crippen molar-refractivity contribution in [1.29, 1.82) is 0 Å². The van der Waals surface area contributed by atoms with Crippen molar-refractivity contribution in [2.45, 2.75) is 25.2 Å². The number of carbonyl (C=O) groups excluding carboxylic acids is 1. The Morgan fingerprint density at radius 3 is 2.44 bits per heavy atom. The van der Waals surface area contributed by atoms with Crippen LogP contribution in [0.1, 0.15) is 24.0 Å². The summed E-state index contributed by atoms with van der Waals surface area (Å²) in [5.41, 5.74) is 3.61. The third-order valence-corrected chi connectivity index (χ3v) is 3.52. The molecule has 0 saturated heterocycles. The van der Waals surface area contributed by atoms with Gasteiger partial charge in [0.25, 0.3) is 0 Å². The maximum absolute atomic E-state index is 11.9. The molecule has 2 rings (SSSR count). The number of nitrogens with one attached hydrogen (secondary N) is 1. The molecule has 0 aromatic heterocycles. The van der Waals surface area contributed by atoms with E-state index in [1.807, 2.05) is 13.0 Å². The van der Waals surface area contributed by atoms with Gasteiger partial charge in [-0.3, -0.25) is 10.2 Å². The smallest absolute Gasteiger partial charge is 0.244 e. The molecule has 0 spiro atoms. The van der Waals surface area contributed by atoms with Gasteiger partial charge in [-0.1, -0.05) is 0 Å². The Morgan fingerprint density at radius 2 is 2.00 bits per heavy atom. The van der Waals surface area contributed by atoms with Gasteiger partial charge in [-0.25, -0.2) is 5.84 Å². The Labute approximate surface area is 106 Å². The predicted molar refractivity (Wildman–Crippen MR) is 67.5 cm³/mol. The molecule has 0 heterocycles. The van der Waals surface area contributed by atoms with Crippen LogP contribution in [0.3, 0.4) is 0 Å². The van der Waals surface area contributed by atoms with Gasteiger partial charge >= 0.3 is 0 Å². The fourth-order valence-corrected chi connectivity index (χ4v) is 2.47. The summed E-state index contributed by atoms with van der Waals surface area (Å²) >= 11 is 0. The van der Waals surface area contributed by atoms with Crippen molar-refractivity contribution in [2.24, 2.45) is 5.84 Å². The lowest BCUT2D eigenvalue weighted by Crippen LogP contribution is -2.39. The third-order valence-electron chi connectivity index (χ3n) is 3.52. The number of hydrazine groups is 1. The lowest BCUT2D eigenvalue weighted by atomic mass is 9.90. The van der Waals surface area contributed by atoms with Crippen LogP contribution >= 0.6 is 0 Å². The molecule has 18 heavy (non-hydrogen) atoms. The van der Waals surface area contributed by atoms with Crippen molar-refractivity contribution in [3.05, 3.63) is 23.3 Å². The van der Waals surface area contributed by atoms with Crippen LogP contribution < -0.4 is 20.7 Å². The first-order chi connectivity index (χ1) is 8.58. The summed E-state index contributed by atoms with van der Waals surface area (Å²) in [4.78, 5) is 11.9. The minimum atomic E-state index is -0.531. The van der Waals surface area contributed by atoms with Gasteiger partial charge in [0.15, 0.2) is 0 Å². The number of aryl methyl sites for hydroxylation is 1. The normalized spacial score (nSPS) is 16.0. The molecule has 0 aliphatic heterocycles. The van der Waals surface area contributed by atoms with E-state index in [2.05, 4.69) is 5.43 Å². The van der Waals surface area contributed by atoms with Crippen LogP contribution in [-0.2, 0) is 10.2 Å². The van der Waals surface area contributed by atoms with Crippen LogP contribution in [-0.4, -0.2) is 20.1 Å². The number of benzene rings is 1. The molecular formula is C13H18N2O3. The van der Waals surface area contributed by atoms with Gasteiger partial charge in [0.2, 0.25) is 5.91 Å². The van der Waals surface area contributed by atoms with Crippen LogP contribution in [0, 0.1) is 6.92 Å². The molecule has 1 amide bonds.